The number of nitrogens with zero attached hydrogens (tertiary/aromatic N) is 4. The van der Waals surface area contributed by atoms with Crippen LogP contribution in [0.4, 0.5) is 24.6 Å². The molecule has 49 heavy (non-hydrogen) atoms. The number of carbonyl (C=O) groups is 3. The van der Waals surface area contributed by atoms with Gasteiger partial charge in [-0.1, -0.05) is 30.3 Å². The largest absolute Gasteiger partial charge is 0.445 e. The second-order valence-corrected chi connectivity index (χ2v) is 13.6. The Morgan fingerprint density at radius 1 is 1.02 bits per heavy atom. The van der Waals surface area contributed by atoms with Crippen molar-refractivity contribution in [3.05, 3.63) is 76.2 Å². The van der Waals surface area contributed by atoms with E-state index in [1.165, 1.54) is 14.2 Å². The van der Waals surface area contributed by atoms with Crippen molar-refractivity contribution in [3.63, 3.8) is 0 Å². The third-order valence-electron chi connectivity index (χ3n) is 8.71. The Kier molecular flexibility index (Phi) is 10.2. The van der Waals surface area contributed by atoms with Crippen molar-refractivity contribution in [2.24, 2.45) is 0 Å². The first-order chi connectivity index (χ1) is 23.2. The maximum Gasteiger partial charge on any atom is 0.410 e. The van der Waals surface area contributed by atoms with Gasteiger partial charge in [0.05, 0.1) is 29.4 Å². The Hall–Kier alpha value is -4.69. The molecule has 2 aliphatic rings. The second-order valence-electron chi connectivity index (χ2n) is 13.6. The van der Waals surface area contributed by atoms with E-state index in [4.69, 9.17) is 24.0 Å². The zero-order chi connectivity index (χ0) is 35.7. The van der Waals surface area contributed by atoms with Gasteiger partial charge in [0.1, 0.15) is 23.8 Å². The predicted octanol–water partition coefficient (Wildman–Crippen LogP) is 5.57. The Morgan fingerprint density at radius 3 is 2.24 bits per heavy atom. The van der Waals surface area contributed by atoms with Crippen LogP contribution in [0.15, 0.2) is 42.5 Å². The Balaban J connectivity index is 1.58. The topological polar surface area (TPSA) is 136 Å². The second kappa shape index (κ2) is 14.0. The molecule has 5 rings (SSSR count). The number of methoxy groups -OCH3 is 2. The van der Waals surface area contributed by atoms with Gasteiger partial charge in [-0.3, -0.25) is 5.32 Å². The minimum absolute atomic E-state index is 0.0478. The molecule has 1 aromatic heterocycles. The van der Waals surface area contributed by atoms with Crippen molar-refractivity contribution in [3.8, 4) is 5.69 Å². The van der Waals surface area contributed by atoms with Crippen LogP contribution in [0.3, 0.4) is 0 Å². The monoisotopic (exact) mass is 680 g/mol. The molecular weight excluding hydrogens is 635 g/mol. The van der Waals surface area contributed by atoms with E-state index in [0.29, 0.717) is 28.1 Å². The molecule has 2 aliphatic heterocycles. The van der Waals surface area contributed by atoms with E-state index >= 15 is 0 Å². The lowest BCUT2D eigenvalue weighted by atomic mass is 9.71. The van der Waals surface area contributed by atoms with Gasteiger partial charge in [0.25, 0.3) is 0 Å². The number of ether oxygens (including phenoxy) is 4. The molecule has 1 fully saturated rings. The lowest BCUT2D eigenvalue weighted by Gasteiger charge is -2.54. The Morgan fingerprint density at radius 2 is 1.65 bits per heavy atom. The van der Waals surface area contributed by atoms with Crippen LogP contribution in [0.2, 0.25) is 0 Å². The van der Waals surface area contributed by atoms with Crippen LogP contribution in [0.25, 0.3) is 5.69 Å². The summed E-state index contributed by atoms with van der Waals surface area (Å²) in [5.74, 6) is -0.0605. The highest BCUT2D eigenvalue weighted by Crippen LogP contribution is 2.48. The Labute approximate surface area is 285 Å². The molecule has 264 valence electrons. The van der Waals surface area contributed by atoms with E-state index in [2.05, 4.69) is 10.6 Å². The van der Waals surface area contributed by atoms with Crippen LogP contribution in [0, 0.1) is 19.7 Å². The molecule has 13 nitrogen and oxygen atoms in total. The SMILES string of the molecule is COC(CNC(=O)Nc1c2c(nn1-c1cc(C)c(F)c(C)c1)C1(CN(C(=O)OC(C)(C)C)C1)CN(C(=O)OCc1ccccc1)[C@H]2C)OC. The molecule has 4 amide bonds. The fourth-order valence-corrected chi connectivity index (χ4v) is 6.27. The number of carbonyl (C=O) groups excluding carboxylic acids is 3. The summed E-state index contributed by atoms with van der Waals surface area (Å²) >= 11 is 0. The van der Waals surface area contributed by atoms with E-state index < -0.39 is 41.6 Å². The zero-order valence-electron chi connectivity index (χ0n) is 29.3. The number of halogens is 1. The molecule has 3 aromatic rings. The average molecular weight is 681 g/mol. The fraction of sp³-hybridized carbons (Fsp3) is 0.486. The van der Waals surface area contributed by atoms with E-state index in [9.17, 15) is 18.8 Å². The highest BCUT2D eigenvalue weighted by Gasteiger charge is 2.57. The van der Waals surface area contributed by atoms with E-state index in [0.717, 1.165) is 5.56 Å². The summed E-state index contributed by atoms with van der Waals surface area (Å²) < 4.78 is 38.2. The van der Waals surface area contributed by atoms with Gasteiger partial charge >= 0.3 is 18.2 Å². The summed E-state index contributed by atoms with van der Waals surface area (Å²) in [5.41, 5.74) is 1.79. The number of nitrogens with one attached hydrogen (secondary N) is 2. The number of urea groups is 1. The molecule has 1 atom stereocenters. The molecule has 2 N–H and O–H groups in total. The number of aromatic nitrogens is 2. The lowest BCUT2D eigenvalue weighted by Crippen LogP contribution is -2.68. The number of anilines is 1. The van der Waals surface area contributed by atoms with E-state index in [1.54, 1.807) is 61.2 Å². The molecule has 0 aliphatic carbocycles. The van der Waals surface area contributed by atoms with Crippen LogP contribution >= 0.6 is 0 Å². The summed E-state index contributed by atoms with van der Waals surface area (Å²) in [6, 6.07) is 11.5. The highest BCUT2D eigenvalue weighted by atomic mass is 19.1. The molecule has 0 bridgehead atoms. The number of hydrogen-bond donors (Lipinski definition) is 2. The van der Waals surface area contributed by atoms with Gasteiger partial charge in [0.2, 0.25) is 0 Å². The van der Waals surface area contributed by atoms with Crippen LogP contribution < -0.4 is 10.6 Å². The van der Waals surface area contributed by atoms with Crippen molar-refractivity contribution in [1.29, 1.82) is 0 Å². The fourth-order valence-electron chi connectivity index (χ4n) is 6.27. The first kappa shape index (κ1) is 35.6. The van der Waals surface area contributed by atoms with Crippen LogP contribution in [0.5, 0.6) is 0 Å². The number of amides is 4. The van der Waals surface area contributed by atoms with Crippen LogP contribution in [0.1, 0.15) is 61.7 Å². The molecule has 2 aromatic carbocycles. The number of hydrogen-bond acceptors (Lipinski definition) is 8. The van der Waals surface area contributed by atoms with Gasteiger partial charge in [-0.05, 0) is 70.4 Å². The molecular formula is C35H45FN6O7. The molecule has 1 saturated heterocycles. The van der Waals surface area contributed by atoms with E-state index in [-0.39, 0.29) is 44.4 Å². The smallest absolute Gasteiger partial charge is 0.410 e. The summed E-state index contributed by atoms with van der Waals surface area (Å²) in [6.45, 7) is 11.3. The number of likely N-dealkylation sites (tertiary alicyclic amines) is 1. The summed E-state index contributed by atoms with van der Waals surface area (Å²) in [6.07, 6.45) is -1.72. The van der Waals surface area contributed by atoms with Crippen LogP contribution in [-0.2, 0) is 31.0 Å². The number of aryl methyl sites for hydroxylation is 2. The molecule has 1 spiro atoms. The first-order valence-corrected chi connectivity index (χ1v) is 16.1. The van der Waals surface area contributed by atoms with Crippen molar-refractivity contribution >= 4 is 24.0 Å². The zero-order valence-corrected chi connectivity index (χ0v) is 29.3. The first-order valence-electron chi connectivity index (χ1n) is 16.1. The quantitative estimate of drug-likeness (QED) is 0.295. The number of benzene rings is 2. The maximum absolute atomic E-state index is 14.8. The summed E-state index contributed by atoms with van der Waals surface area (Å²) in [7, 11) is 2.92. The molecule has 14 heteroatoms. The van der Waals surface area contributed by atoms with Crippen LogP contribution in [-0.4, -0.2) is 90.1 Å². The molecule has 0 unspecified atom stereocenters. The molecule has 0 radical (unpaired) electrons. The van der Waals surface area contributed by atoms with E-state index in [1.807, 2.05) is 37.3 Å². The van der Waals surface area contributed by atoms with Gasteiger partial charge in [0, 0.05) is 39.4 Å². The lowest BCUT2D eigenvalue weighted by molar-refractivity contribution is -0.0970. The minimum Gasteiger partial charge on any atom is -0.445 e. The van der Waals surface area contributed by atoms with Crippen molar-refractivity contribution < 1.29 is 37.7 Å². The standard InChI is InChI=1S/C35H45FN6O7/c1-21-14-25(15-22(2)28(21)36)42-30(38-31(43)37-16-26(46-7)47-8)27-23(3)41(33(45)48-17-24-12-10-9-11-13-24)20-35(29(27)39-42)18-40(19-35)32(44)49-34(4,5)6/h9-15,23,26H,16-20H2,1-8H3,(H2,37,38,43)/t23-/m0/s1. The van der Waals surface area contributed by atoms with Gasteiger partial charge in [-0.2, -0.15) is 5.10 Å². The predicted molar refractivity (Wildman–Crippen MR) is 179 cm³/mol. The highest BCUT2D eigenvalue weighted by molar-refractivity contribution is 5.90. The third kappa shape index (κ3) is 7.49. The summed E-state index contributed by atoms with van der Waals surface area (Å²) in [4.78, 5) is 43.5. The van der Waals surface area contributed by atoms with Gasteiger partial charge in [-0.25, -0.2) is 23.5 Å². The van der Waals surface area contributed by atoms with Crippen molar-refractivity contribution in [2.45, 2.75) is 71.5 Å². The molecule has 0 saturated carbocycles. The van der Waals surface area contributed by atoms with Crippen molar-refractivity contribution in [1.82, 2.24) is 24.9 Å². The molecule has 3 heterocycles. The van der Waals surface area contributed by atoms with Gasteiger partial charge in [0.15, 0.2) is 6.29 Å². The normalized spacial score (nSPS) is 16.7. The van der Waals surface area contributed by atoms with Crippen molar-refractivity contribution in [2.75, 3.05) is 45.7 Å². The third-order valence-corrected chi connectivity index (χ3v) is 8.71. The van der Waals surface area contributed by atoms with Gasteiger partial charge < -0.3 is 34.1 Å². The average Bonchev–Trinajstić information content (AvgIpc) is 3.41. The number of rotatable bonds is 8. The minimum atomic E-state index is -0.815. The van der Waals surface area contributed by atoms with Gasteiger partial charge in [-0.15, -0.1) is 0 Å². The summed E-state index contributed by atoms with van der Waals surface area (Å²) in [5, 5.41) is 10.7. The Bertz CT molecular complexity index is 1670. The number of fused-ring (bicyclic) bond motifs is 2. The maximum atomic E-state index is 14.8.